The van der Waals surface area contributed by atoms with Crippen molar-refractivity contribution in [2.75, 3.05) is 24.2 Å². The number of benzene rings is 1. The molecule has 1 amide bonds. The number of thiol groups is 1. The molecular weight excluding hydrogens is 232 g/mol. The predicted molar refractivity (Wildman–Crippen MR) is 73.7 cm³/mol. The van der Waals surface area contributed by atoms with Crippen LogP contribution in [0.4, 0.5) is 5.69 Å². The lowest BCUT2D eigenvalue weighted by Gasteiger charge is -2.17. The molecule has 4 heteroatoms. The fourth-order valence-electron chi connectivity index (χ4n) is 2.22. The van der Waals surface area contributed by atoms with Crippen LogP contribution in [-0.4, -0.2) is 25.3 Å². The molecule has 1 aliphatic rings. The molecule has 0 aliphatic carbocycles. The lowest BCUT2D eigenvalue weighted by Crippen LogP contribution is -2.27. The van der Waals surface area contributed by atoms with Gasteiger partial charge in [0.15, 0.2) is 0 Å². The van der Waals surface area contributed by atoms with Gasteiger partial charge in [0, 0.05) is 18.8 Å². The largest absolute Gasteiger partial charge is 0.316 e. The van der Waals surface area contributed by atoms with Crippen LogP contribution in [0.1, 0.15) is 17.5 Å². The normalized spacial score (nSPS) is 14.2. The highest BCUT2D eigenvalue weighted by Gasteiger charge is 2.26. The molecule has 0 spiro atoms. The molecule has 1 aromatic carbocycles. The van der Waals surface area contributed by atoms with Gasteiger partial charge in [-0.2, -0.15) is 12.6 Å². The van der Waals surface area contributed by atoms with Crippen molar-refractivity contribution in [1.29, 1.82) is 0 Å². The highest BCUT2D eigenvalue weighted by molar-refractivity contribution is 7.80. The number of nitrogens with zero attached hydrogens (tertiary/aromatic N) is 1. The molecule has 1 aromatic rings. The van der Waals surface area contributed by atoms with Gasteiger partial charge in [0.05, 0.1) is 6.42 Å². The first-order valence-corrected chi connectivity index (χ1v) is 6.57. The first-order chi connectivity index (χ1) is 8.26. The molecule has 1 aliphatic heterocycles. The Balaban J connectivity index is 2.19. The van der Waals surface area contributed by atoms with Crippen LogP contribution in [0.25, 0.3) is 0 Å². The quantitative estimate of drug-likeness (QED) is 0.778. The molecule has 0 unspecified atom stereocenters. The van der Waals surface area contributed by atoms with Crippen LogP contribution in [0.5, 0.6) is 0 Å². The molecule has 0 aromatic heterocycles. The van der Waals surface area contributed by atoms with Crippen LogP contribution >= 0.6 is 12.6 Å². The average molecular weight is 250 g/mol. The van der Waals surface area contributed by atoms with E-state index in [9.17, 15) is 4.79 Å². The number of amides is 1. The standard InChI is InChI=1S/C13H18N2OS/c1-14-9-10-3-4-12-11(7-10)8-13(16)15(12)5-2-6-17/h3-4,7,14,17H,2,5-6,8-9H2,1H3. The fraction of sp³-hybridized carbons (Fsp3) is 0.462. The molecule has 0 saturated carbocycles. The van der Waals surface area contributed by atoms with Crippen LogP contribution in [0, 0.1) is 0 Å². The molecule has 1 heterocycles. The monoisotopic (exact) mass is 250 g/mol. The van der Waals surface area contributed by atoms with Gasteiger partial charge in [0.1, 0.15) is 0 Å². The summed E-state index contributed by atoms with van der Waals surface area (Å²) in [6, 6.07) is 6.28. The topological polar surface area (TPSA) is 32.3 Å². The van der Waals surface area contributed by atoms with E-state index >= 15 is 0 Å². The Kier molecular flexibility index (Phi) is 4.07. The zero-order chi connectivity index (χ0) is 12.3. The molecule has 1 N–H and O–H groups in total. The molecule has 3 nitrogen and oxygen atoms in total. The summed E-state index contributed by atoms with van der Waals surface area (Å²) in [6.45, 7) is 1.62. The second-order valence-electron chi connectivity index (χ2n) is 4.29. The summed E-state index contributed by atoms with van der Waals surface area (Å²) in [7, 11) is 1.93. The summed E-state index contributed by atoms with van der Waals surface area (Å²) in [5, 5.41) is 3.12. The Hall–Kier alpha value is -1.00. The van der Waals surface area contributed by atoms with Crippen LogP contribution < -0.4 is 10.2 Å². The maximum absolute atomic E-state index is 11.9. The summed E-state index contributed by atoms with van der Waals surface area (Å²) in [5.74, 6) is 1.03. The molecule has 0 fully saturated rings. The van der Waals surface area contributed by atoms with Gasteiger partial charge >= 0.3 is 0 Å². The number of anilines is 1. The predicted octanol–water partition coefficient (Wildman–Crippen LogP) is 1.61. The summed E-state index contributed by atoms with van der Waals surface area (Å²) >= 11 is 4.19. The van der Waals surface area contributed by atoms with E-state index in [0.717, 1.165) is 36.5 Å². The van der Waals surface area contributed by atoms with Crippen LogP contribution in [-0.2, 0) is 17.8 Å². The summed E-state index contributed by atoms with van der Waals surface area (Å²) in [6.07, 6.45) is 1.48. The van der Waals surface area contributed by atoms with Gasteiger partial charge in [0.2, 0.25) is 5.91 Å². The Labute approximate surface area is 108 Å². The molecular formula is C13H18N2OS. The average Bonchev–Trinajstić information content (AvgIpc) is 2.62. The van der Waals surface area contributed by atoms with Gasteiger partial charge in [-0.25, -0.2) is 0 Å². The van der Waals surface area contributed by atoms with Gasteiger partial charge in [-0.15, -0.1) is 0 Å². The van der Waals surface area contributed by atoms with Crippen molar-refractivity contribution in [3.8, 4) is 0 Å². The van der Waals surface area contributed by atoms with Crippen LogP contribution in [0.2, 0.25) is 0 Å². The zero-order valence-corrected chi connectivity index (χ0v) is 11.0. The Morgan fingerprint density at radius 3 is 3.00 bits per heavy atom. The van der Waals surface area contributed by atoms with Crippen molar-refractivity contribution in [2.24, 2.45) is 0 Å². The molecule has 0 atom stereocenters. The van der Waals surface area contributed by atoms with Crippen molar-refractivity contribution in [3.63, 3.8) is 0 Å². The van der Waals surface area contributed by atoms with E-state index in [1.165, 1.54) is 5.56 Å². The smallest absolute Gasteiger partial charge is 0.231 e. The summed E-state index contributed by atoms with van der Waals surface area (Å²) in [4.78, 5) is 13.8. The Bertz CT molecular complexity index is 420. The van der Waals surface area contributed by atoms with Crippen molar-refractivity contribution in [2.45, 2.75) is 19.4 Å². The van der Waals surface area contributed by atoms with E-state index in [1.807, 2.05) is 11.9 Å². The second kappa shape index (κ2) is 5.56. The number of hydrogen-bond acceptors (Lipinski definition) is 3. The lowest BCUT2D eigenvalue weighted by molar-refractivity contribution is -0.117. The minimum Gasteiger partial charge on any atom is -0.316 e. The number of carbonyl (C=O) groups is 1. The fourth-order valence-corrected chi connectivity index (χ4v) is 2.37. The van der Waals surface area contributed by atoms with Gasteiger partial charge in [-0.05, 0) is 36.4 Å². The third kappa shape index (κ3) is 2.64. The van der Waals surface area contributed by atoms with E-state index in [2.05, 4.69) is 36.1 Å². The van der Waals surface area contributed by atoms with E-state index < -0.39 is 0 Å². The number of rotatable bonds is 5. The Morgan fingerprint density at radius 2 is 2.29 bits per heavy atom. The van der Waals surface area contributed by atoms with Gasteiger partial charge in [-0.1, -0.05) is 12.1 Å². The van der Waals surface area contributed by atoms with Crippen LogP contribution in [0.15, 0.2) is 18.2 Å². The highest BCUT2D eigenvalue weighted by atomic mass is 32.1. The number of nitrogens with one attached hydrogen (secondary N) is 1. The third-order valence-corrected chi connectivity index (χ3v) is 3.31. The van der Waals surface area contributed by atoms with Gasteiger partial charge in [0.25, 0.3) is 0 Å². The Morgan fingerprint density at radius 1 is 1.47 bits per heavy atom. The summed E-state index contributed by atoms with van der Waals surface area (Å²) < 4.78 is 0. The second-order valence-corrected chi connectivity index (χ2v) is 4.74. The lowest BCUT2D eigenvalue weighted by atomic mass is 10.1. The van der Waals surface area contributed by atoms with E-state index in [-0.39, 0.29) is 5.91 Å². The minimum atomic E-state index is 0.211. The first-order valence-electron chi connectivity index (χ1n) is 5.94. The molecule has 17 heavy (non-hydrogen) atoms. The molecule has 0 bridgehead atoms. The van der Waals surface area contributed by atoms with Crippen molar-refractivity contribution in [1.82, 2.24) is 5.32 Å². The van der Waals surface area contributed by atoms with Crippen molar-refractivity contribution >= 4 is 24.2 Å². The molecule has 0 radical (unpaired) electrons. The minimum absolute atomic E-state index is 0.211. The molecule has 2 rings (SSSR count). The zero-order valence-electron chi connectivity index (χ0n) is 10.1. The van der Waals surface area contributed by atoms with Crippen molar-refractivity contribution < 1.29 is 4.79 Å². The third-order valence-electron chi connectivity index (χ3n) is 3.00. The van der Waals surface area contributed by atoms with E-state index in [0.29, 0.717) is 6.42 Å². The van der Waals surface area contributed by atoms with Gasteiger partial charge < -0.3 is 10.2 Å². The highest BCUT2D eigenvalue weighted by Crippen LogP contribution is 2.29. The van der Waals surface area contributed by atoms with E-state index in [1.54, 1.807) is 0 Å². The number of hydrogen-bond donors (Lipinski definition) is 2. The number of fused-ring (bicyclic) bond motifs is 1. The first kappa shape index (κ1) is 12.5. The van der Waals surface area contributed by atoms with Gasteiger partial charge in [-0.3, -0.25) is 4.79 Å². The van der Waals surface area contributed by atoms with Crippen molar-refractivity contribution in [3.05, 3.63) is 29.3 Å². The molecule has 92 valence electrons. The summed E-state index contributed by atoms with van der Waals surface area (Å²) in [5.41, 5.74) is 3.47. The number of carbonyl (C=O) groups excluding carboxylic acids is 1. The SMILES string of the molecule is CNCc1ccc2c(c1)CC(=O)N2CCCS. The van der Waals surface area contributed by atoms with E-state index in [4.69, 9.17) is 0 Å². The maximum Gasteiger partial charge on any atom is 0.231 e. The van der Waals surface area contributed by atoms with Crippen LogP contribution in [0.3, 0.4) is 0 Å². The molecule has 0 saturated heterocycles. The maximum atomic E-state index is 11.9.